The Morgan fingerprint density at radius 1 is 1.56 bits per heavy atom. The van der Waals surface area contributed by atoms with E-state index in [1.165, 1.54) is 20.0 Å². The smallest absolute Gasteiger partial charge is 0.334 e. The van der Waals surface area contributed by atoms with Crippen LogP contribution in [-0.4, -0.2) is 26.8 Å². The molecule has 0 spiro atoms. The summed E-state index contributed by atoms with van der Waals surface area (Å²) in [6.45, 7) is 2.11. The van der Waals surface area contributed by atoms with Crippen LogP contribution in [0.25, 0.3) is 0 Å². The molecule has 1 atom stereocenters. The molecule has 7 nitrogen and oxygen atoms in total. The number of carbonyl (C=O) groups excluding carboxylic acids is 1. The number of aliphatic hydroxyl groups is 1. The lowest BCUT2D eigenvalue weighted by Crippen LogP contribution is -2.42. The molecule has 0 aliphatic carbocycles. The second-order valence-electron chi connectivity index (χ2n) is 3.70. The van der Waals surface area contributed by atoms with Gasteiger partial charge in [-0.15, -0.1) is 0 Å². The molecule has 0 saturated carbocycles. The fourth-order valence-corrected chi connectivity index (χ4v) is 1.75. The van der Waals surface area contributed by atoms with Crippen molar-refractivity contribution in [3.05, 3.63) is 31.5 Å². The molecular weight excluding hydrogens is 308 g/mol. The Balaban J connectivity index is 3.31. The summed E-state index contributed by atoms with van der Waals surface area (Å²) < 4.78 is 6.81. The predicted molar refractivity (Wildman–Crippen MR) is 66.2 cm³/mol. The topological polar surface area (TPSA) is 90.5 Å². The SMILES string of the molecule is CC(=O)OCn1cc(Br)c(=O)n([C@@H](C)CO)c1=O. The summed E-state index contributed by atoms with van der Waals surface area (Å²) in [6, 6.07) is -0.661. The maximum atomic E-state index is 12.0. The van der Waals surface area contributed by atoms with E-state index in [1.54, 1.807) is 0 Å². The van der Waals surface area contributed by atoms with E-state index in [0.717, 1.165) is 9.13 Å². The molecular formula is C10H13BrN2O5. The Morgan fingerprint density at radius 2 is 2.17 bits per heavy atom. The Bertz CT molecular complexity index is 562. The van der Waals surface area contributed by atoms with E-state index in [-0.39, 0.29) is 17.8 Å². The quantitative estimate of drug-likeness (QED) is 0.779. The van der Waals surface area contributed by atoms with Crippen LogP contribution in [0.15, 0.2) is 20.3 Å². The zero-order valence-corrected chi connectivity index (χ0v) is 11.5. The number of aliphatic hydroxyl groups excluding tert-OH is 1. The van der Waals surface area contributed by atoms with Gasteiger partial charge in [-0.25, -0.2) is 4.79 Å². The average Bonchev–Trinajstić information content (AvgIpc) is 2.31. The fourth-order valence-electron chi connectivity index (χ4n) is 1.31. The molecule has 1 aromatic heterocycles. The van der Waals surface area contributed by atoms with Gasteiger partial charge < -0.3 is 9.84 Å². The molecule has 1 N–H and O–H groups in total. The Morgan fingerprint density at radius 3 is 2.67 bits per heavy atom. The summed E-state index contributed by atoms with van der Waals surface area (Å²) in [5.74, 6) is -0.536. The Kier molecular flexibility index (Phi) is 4.85. The van der Waals surface area contributed by atoms with Crippen molar-refractivity contribution in [3.63, 3.8) is 0 Å². The van der Waals surface area contributed by atoms with Gasteiger partial charge in [0.15, 0.2) is 6.73 Å². The van der Waals surface area contributed by atoms with Gasteiger partial charge in [-0.1, -0.05) is 0 Å². The molecule has 8 heteroatoms. The maximum Gasteiger partial charge on any atom is 0.334 e. The average molecular weight is 321 g/mol. The summed E-state index contributed by atoms with van der Waals surface area (Å²) in [5, 5.41) is 9.03. The first-order valence-electron chi connectivity index (χ1n) is 5.14. The summed E-state index contributed by atoms with van der Waals surface area (Å²) in [5.41, 5.74) is -1.19. The van der Waals surface area contributed by atoms with Crippen LogP contribution in [-0.2, 0) is 16.3 Å². The van der Waals surface area contributed by atoms with Gasteiger partial charge in [0.1, 0.15) is 0 Å². The van der Waals surface area contributed by atoms with Gasteiger partial charge in [0, 0.05) is 13.1 Å². The van der Waals surface area contributed by atoms with E-state index in [0.29, 0.717) is 0 Å². The zero-order valence-electron chi connectivity index (χ0n) is 9.92. The van der Waals surface area contributed by atoms with Gasteiger partial charge in [-0.3, -0.25) is 18.7 Å². The number of hydrogen-bond acceptors (Lipinski definition) is 5. The zero-order chi connectivity index (χ0) is 13.9. The van der Waals surface area contributed by atoms with Crippen molar-refractivity contribution in [3.8, 4) is 0 Å². The molecule has 100 valence electrons. The molecule has 0 aliphatic heterocycles. The third kappa shape index (κ3) is 3.08. The van der Waals surface area contributed by atoms with E-state index in [9.17, 15) is 14.4 Å². The van der Waals surface area contributed by atoms with Gasteiger partial charge in [0.2, 0.25) is 0 Å². The minimum Gasteiger partial charge on any atom is -0.444 e. The van der Waals surface area contributed by atoms with Crippen molar-refractivity contribution >= 4 is 21.9 Å². The normalized spacial score (nSPS) is 12.2. The first kappa shape index (κ1) is 14.7. The standard InChI is InChI=1S/C10H13BrN2O5/c1-6(4-14)13-9(16)8(11)3-12(10(13)17)5-18-7(2)15/h3,6,14H,4-5H2,1-2H3/t6-/m0/s1. The van der Waals surface area contributed by atoms with Gasteiger partial charge in [-0.05, 0) is 22.9 Å². The van der Waals surface area contributed by atoms with Crippen molar-refractivity contribution in [2.45, 2.75) is 26.6 Å². The summed E-state index contributed by atoms with van der Waals surface area (Å²) in [4.78, 5) is 34.4. The first-order chi connectivity index (χ1) is 8.38. The largest absolute Gasteiger partial charge is 0.444 e. The van der Waals surface area contributed by atoms with Crippen molar-refractivity contribution in [1.82, 2.24) is 9.13 Å². The lowest BCUT2D eigenvalue weighted by Gasteiger charge is -2.14. The predicted octanol–water partition coefficient (Wildman–Crippen LogP) is -0.154. The second-order valence-corrected chi connectivity index (χ2v) is 4.56. The molecule has 0 unspecified atom stereocenters. The van der Waals surface area contributed by atoms with Crippen LogP contribution in [0.3, 0.4) is 0 Å². The van der Waals surface area contributed by atoms with E-state index in [4.69, 9.17) is 9.84 Å². The maximum absolute atomic E-state index is 12.0. The van der Waals surface area contributed by atoms with Crippen molar-refractivity contribution in [1.29, 1.82) is 0 Å². The van der Waals surface area contributed by atoms with Crippen LogP contribution in [0.4, 0.5) is 0 Å². The number of nitrogens with zero attached hydrogens (tertiary/aromatic N) is 2. The number of carbonyl (C=O) groups is 1. The van der Waals surface area contributed by atoms with Gasteiger partial charge in [-0.2, -0.15) is 0 Å². The van der Waals surface area contributed by atoms with Crippen LogP contribution in [0, 0.1) is 0 Å². The highest BCUT2D eigenvalue weighted by Gasteiger charge is 2.14. The van der Waals surface area contributed by atoms with Crippen LogP contribution >= 0.6 is 15.9 Å². The molecule has 0 saturated heterocycles. The van der Waals surface area contributed by atoms with Crippen molar-refractivity contribution < 1.29 is 14.6 Å². The lowest BCUT2D eigenvalue weighted by atomic mass is 10.3. The third-order valence-corrected chi connectivity index (χ3v) is 2.80. The highest BCUT2D eigenvalue weighted by molar-refractivity contribution is 9.10. The van der Waals surface area contributed by atoms with Crippen LogP contribution in [0.5, 0.6) is 0 Å². The molecule has 0 aromatic carbocycles. The van der Waals surface area contributed by atoms with Crippen molar-refractivity contribution in [2.75, 3.05) is 6.61 Å². The lowest BCUT2D eigenvalue weighted by molar-refractivity contribution is -0.144. The summed E-state index contributed by atoms with van der Waals surface area (Å²) in [7, 11) is 0. The van der Waals surface area contributed by atoms with E-state index in [2.05, 4.69) is 15.9 Å². The first-order valence-corrected chi connectivity index (χ1v) is 5.93. The van der Waals surface area contributed by atoms with E-state index < -0.39 is 23.3 Å². The van der Waals surface area contributed by atoms with Crippen molar-refractivity contribution in [2.24, 2.45) is 0 Å². The third-order valence-electron chi connectivity index (χ3n) is 2.26. The van der Waals surface area contributed by atoms with Gasteiger partial charge >= 0.3 is 11.7 Å². The number of rotatable bonds is 4. The molecule has 0 aliphatic rings. The molecule has 18 heavy (non-hydrogen) atoms. The summed E-state index contributed by atoms with van der Waals surface area (Å²) >= 11 is 3.02. The second kappa shape index (κ2) is 5.96. The van der Waals surface area contributed by atoms with Crippen LogP contribution in [0.2, 0.25) is 0 Å². The van der Waals surface area contributed by atoms with Gasteiger partial charge in [0.05, 0.1) is 17.1 Å². The number of halogens is 1. The molecule has 0 bridgehead atoms. The van der Waals surface area contributed by atoms with Crippen LogP contribution in [0.1, 0.15) is 19.9 Å². The number of hydrogen-bond donors (Lipinski definition) is 1. The molecule has 1 heterocycles. The molecule has 1 rings (SSSR count). The minimum atomic E-state index is -0.661. The highest BCUT2D eigenvalue weighted by Crippen LogP contribution is 2.03. The molecule has 0 fully saturated rings. The number of esters is 1. The molecule has 0 radical (unpaired) electrons. The van der Waals surface area contributed by atoms with Crippen LogP contribution < -0.4 is 11.2 Å². The highest BCUT2D eigenvalue weighted by atomic mass is 79.9. The van der Waals surface area contributed by atoms with E-state index in [1.807, 2.05) is 0 Å². The monoisotopic (exact) mass is 320 g/mol. The number of ether oxygens (including phenoxy) is 1. The molecule has 0 amide bonds. The number of aromatic nitrogens is 2. The molecule has 1 aromatic rings. The fraction of sp³-hybridized carbons (Fsp3) is 0.500. The Labute approximate surface area is 111 Å². The minimum absolute atomic E-state index is 0.148. The van der Waals surface area contributed by atoms with E-state index >= 15 is 0 Å². The van der Waals surface area contributed by atoms with Gasteiger partial charge in [0.25, 0.3) is 5.56 Å². The Hall–Kier alpha value is -1.41. The summed E-state index contributed by atoms with van der Waals surface area (Å²) in [6.07, 6.45) is 1.24.